The van der Waals surface area contributed by atoms with Crippen LogP contribution in [0.2, 0.25) is 0 Å². The minimum absolute atomic E-state index is 0. The van der Waals surface area contributed by atoms with Crippen LogP contribution in [0.4, 0.5) is 0 Å². The van der Waals surface area contributed by atoms with Crippen LogP contribution in [0.15, 0.2) is 46.0 Å². The third-order valence-corrected chi connectivity index (χ3v) is 2.77. The number of aromatic nitrogens is 1. The van der Waals surface area contributed by atoms with E-state index in [1.807, 2.05) is 0 Å². The number of sulfonamides is 1. The maximum atomic E-state index is 11.1. The molecule has 0 unspecified atom stereocenters. The van der Waals surface area contributed by atoms with E-state index in [0.717, 1.165) is 0 Å². The Morgan fingerprint density at radius 3 is 2.50 bits per heavy atom. The standard InChI is InChI=1S/C9H7N2O3S.Na/c10-15(12,13)8-4-2-1-3-7(8)9-11-5-6-14-9;/h1-6H,(H-,10,12,13);/q-1;+1. The van der Waals surface area contributed by atoms with E-state index in [2.05, 4.69) is 4.98 Å². The van der Waals surface area contributed by atoms with Crippen LogP contribution in [0.25, 0.3) is 16.6 Å². The third kappa shape index (κ3) is 2.72. The molecule has 0 saturated carbocycles. The minimum Gasteiger partial charge on any atom is -0.560 e. The molecule has 0 aliphatic rings. The minimum atomic E-state index is -4.01. The molecule has 2 rings (SSSR count). The molecule has 0 amide bonds. The van der Waals surface area contributed by atoms with Gasteiger partial charge < -0.3 is 9.56 Å². The fourth-order valence-corrected chi connectivity index (χ4v) is 1.94. The van der Waals surface area contributed by atoms with Gasteiger partial charge >= 0.3 is 29.6 Å². The Bertz CT molecular complexity index is 566. The van der Waals surface area contributed by atoms with E-state index in [1.54, 1.807) is 18.2 Å². The van der Waals surface area contributed by atoms with Crippen molar-refractivity contribution < 1.29 is 42.4 Å². The van der Waals surface area contributed by atoms with Gasteiger partial charge in [-0.1, -0.05) is 12.1 Å². The summed E-state index contributed by atoms with van der Waals surface area (Å²) in [7, 11) is -4.01. The smallest absolute Gasteiger partial charge is 0.560 e. The Hall–Kier alpha value is -0.660. The first kappa shape index (κ1) is 13.4. The first-order valence-electron chi connectivity index (χ1n) is 4.07. The van der Waals surface area contributed by atoms with Gasteiger partial charge in [0.25, 0.3) is 0 Å². The van der Waals surface area contributed by atoms with Crippen LogP contribution in [0.3, 0.4) is 0 Å². The summed E-state index contributed by atoms with van der Waals surface area (Å²) in [5, 5.41) is 7.02. The SMILES string of the molecule is [NH-]S(=O)(=O)c1ccccc1-c1ncco1.[Na+]. The monoisotopic (exact) mass is 246 g/mol. The molecule has 1 aromatic heterocycles. The zero-order valence-electron chi connectivity index (χ0n) is 8.54. The fraction of sp³-hybridized carbons (Fsp3) is 0. The van der Waals surface area contributed by atoms with E-state index in [9.17, 15) is 8.42 Å². The Kier molecular flexibility index (Phi) is 4.28. The van der Waals surface area contributed by atoms with Gasteiger partial charge in [-0.25, -0.2) is 13.4 Å². The van der Waals surface area contributed by atoms with Gasteiger partial charge in [0.05, 0.1) is 26.7 Å². The van der Waals surface area contributed by atoms with Gasteiger partial charge in [-0.2, -0.15) is 0 Å². The molecule has 16 heavy (non-hydrogen) atoms. The number of hydrogen-bond acceptors (Lipinski definition) is 4. The molecule has 7 heteroatoms. The van der Waals surface area contributed by atoms with Crippen LogP contribution >= 0.6 is 0 Å². The number of oxazole rings is 1. The molecule has 0 aliphatic heterocycles. The molecule has 0 radical (unpaired) electrons. The fourth-order valence-electron chi connectivity index (χ4n) is 1.23. The molecule has 0 bridgehead atoms. The van der Waals surface area contributed by atoms with E-state index >= 15 is 0 Å². The Labute approximate surface area is 115 Å². The largest absolute Gasteiger partial charge is 1.00 e. The zero-order chi connectivity index (χ0) is 10.9. The summed E-state index contributed by atoms with van der Waals surface area (Å²) in [5.74, 6) is 0.196. The Morgan fingerprint density at radius 2 is 1.94 bits per heavy atom. The number of nitrogens with zero attached hydrogens (tertiary/aromatic N) is 1. The molecule has 0 saturated heterocycles. The molecule has 0 atom stereocenters. The summed E-state index contributed by atoms with van der Waals surface area (Å²) in [6.07, 6.45) is 2.77. The molecule has 0 fully saturated rings. The van der Waals surface area contributed by atoms with Gasteiger partial charge in [0.2, 0.25) is 5.89 Å². The second-order valence-corrected chi connectivity index (χ2v) is 4.28. The van der Waals surface area contributed by atoms with Crippen molar-refractivity contribution in [2.45, 2.75) is 4.90 Å². The second kappa shape index (κ2) is 5.11. The average molecular weight is 246 g/mol. The van der Waals surface area contributed by atoms with E-state index in [1.165, 1.54) is 18.5 Å². The quantitative estimate of drug-likeness (QED) is 0.642. The van der Waals surface area contributed by atoms with Crippen LogP contribution in [0.1, 0.15) is 0 Å². The molecule has 1 aromatic carbocycles. The van der Waals surface area contributed by atoms with E-state index in [4.69, 9.17) is 9.56 Å². The summed E-state index contributed by atoms with van der Waals surface area (Å²) in [5.41, 5.74) is 0.303. The average Bonchev–Trinajstić information content (AvgIpc) is 2.69. The van der Waals surface area contributed by atoms with Crippen molar-refractivity contribution in [2.75, 3.05) is 0 Å². The third-order valence-electron chi connectivity index (χ3n) is 1.84. The molecule has 78 valence electrons. The van der Waals surface area contributed by atoms with Crippen molar-refractivity contribution in [3.8, 4) is 11.5 Å². The number of nitrogens with one attached hydrogen (secondary N) is 1. The van der Waals surface area contributed by atoms with Crippen molar-refractivity contribution >= 4 is 10.0 Å². The van der Waals surface area contributed by atoms with Crippen LogP contribution < -0.4 is 29.6 Å². The topological polar surface area (TPSA) is 84.0 Å². The van der Waals surface area contributed by atoms with Crippen molar-refractivity contribution in [1.82, 2.24) is 4.98 Å². The van der Waals surface area contributed by atoms with E-state index in [0.29, 0.717) is 5.56 Å². The molecule has 2 aromatic rings. The normalized spacial score (nSPS) is 10.8. The van der Waals surface area contributed by atoms with Gasteiger partial charge in [-0.05, 0) is 12.1 Å². The molecular formula is C9H7N2NaO3S. The van der Waals surface area contributed by atoms with Gasteiger partial charge in [0, 0.05) is 0 Å². The summed E-state index contributed by atoms with van der Waals surface area (Å²) in [6, 6.07) is 6.11. The van der Waals surface area contributed by atoms with Gasteiger partial charge in [-0.15, -0.1) is 0 Å². The van der Waals surface area contributed by atoms with Crippen LogP contribution in [-0.4, -0.2) is 13.4 Å². The summed E-state index contributed by atoms with van der Waals surface area (Å²) in [6.45, 7) is 0. The first-order valence-corrected chi connectivity index (χ1v) is 5.56. The van der Waals surface area contributed by atoms with Crippen molar-refractivity contribution in [2.24, 2.45) is 0 Å². The van der Waals surface area contributed by atoms with Crippen LogP contribution in [-0.2, 0) is 10.0 Å². The predicted octanol–water partition coefficient (Wildman–Crippen LogP) is -0.913. The Balaban J connectivity index is 0.00000128. The number of hydrogen-bond donors (Lipinski definition) is 0. The molecular weight excluding hydrogens is 239 g/mol. The van der Waals surface area contributed by atoms with Crippen molar-refractivity contribution in [3.63, 3.8) is 0 Å². The number of benzene rings is 1. The van der Waals surface area contributed by atoms with Crippen molar-refractivity contribution in [1.29, 1.82) is 0 Å². The van der Waals surface area contributed by atoms with Crippen molar-refractivity contribution in [3.05, 3.63) is 41.9 Å². The summed E-state index contributed by atoms with van der Waals surface area (Å²) in [4.78, 5) is 3.74. The predicted molar refractivity (Wildman–Crippen MR) is 53.4 cm³/mol. The van der Waals surface area contributed by atoms with Gasteiger partial charge in [0.1, 0.15) is 6.26 Å². The molecule has 1 heterocycles. The molecule has 0 aliphatic carbocycles. The second-order valence-electron chi connectivity index (χ2n) is 2.84. The number of rotatable bonds is 2. The zero-order valence-corrected chi connectivity index (χ0v) is 11.4. The van der Waals surface area contributed by atoms with Gasteiger partial charge in [-0.3, -0.25) is 0 Å². The molecule has 1 N–H and O–H groups in total. The maximum Gasteiger partial charge on any atom is 1.00 e. The molecule has 0 spiro atoms. The molecule has 5 nitrogen and oxygen atoms in total. The summed E-state index contributed by atoms with van der Waals surface area (Å²) < 4.78 is 27.3. The van der Waals surface area contributed by atoms with Crippen LogP contribution in [0, 0.1) is 0 Å². The first-order chi connectivity index (χ1) is 7.09. The van der Waals surface area contributed by atoms with Crippen LogP contribution in [0.5, 0.6) is 0 Å². The summed E-state index contributed by atoms with van der Waals surface area (Å²) >= 11 is 0. The Morgan fingerprint density at radius 1 is 1.25 bits per heavy atom. The maximum absolute atomic E-state index is 11.1. The van der Waals surface area contributed by atoms with E-state index < -0.39 is 10.0 Å². The van der Waals surface area contributed by atoms with Gasteiger partial charge in [0.15, 0.2) is 0 Å². The van der Waals surface area contributed by atoms with E-state index in [-0.39, 0.29) is 40.3 Å².